The van der Waals surface area contributed by atoms with Crippen molar-refractivity contribution in [3.05, 3.63) is 41.9 Å². The molecule has 160 valence electrons. The second-order valence-electron chi connectivity index (χ2n) is 10.2. The summed E-state index contributed by atoms with van der Waals surface area (Å²) in [5.74, 6) is 3.18. The number of hydrogen-bond donors (Lipinski definition) is 0. The van der Waals surface area contributed by atoms with Crippen molar-refractivity contribution in [3.63, 3.8) is 0 Å². The van der Waals surface area contributed by atoms with Gasteiger partial charge in [0.1, 0.15) is 5.75 Å². The van der Waals surface area contributed by atoms with Gasteiger partial charge < -0.3 is 9.64 Å². The van der Waals surface area contributed by atoms with Gasteiger partial charge in [-0.2, -0.15) is 0 Å². The minimum atomic E-state index is 0.147. The van der Waals surface area contributed by atoms with E-state index in [0.29, 0.717) is 30.1 Å². The molecule has 0 radical (unpaired) electrons. The van der Waals surface area contributed by atoms with Gasteiger partial charge >= 0.3 is 0 Å². The summed E-state index contributed by atoms with van der Waals surface area (Å²) in [6, 6.07) is 2.14. The van der Waals surface area contributed by atoms with Crippen molar-refractivity contribution in [2.45, 2.75) is 59.3 Å². The van der Waals surface area contributed by atoms with Gasteiger partial charge in [0.05, 0.1) is 13.3 Å². The first-order valence-electron chi connectivity index (χ1n) is 11.6. The molecule has 30 heavy (non-hydrogen) atoms. The third-order valence-electron chi connectivity index (χ3n) is 9.03. The Bertz CT molecular complexity index is 935. The van der Waals surface area contributed by atoms with Crippen LogP contribution in [-0.4, -0.2) is 29.4 Å². The Morgan fingerprint density at radius 2 is 1.97 bits per heavy atom. The number of carbonyl (C=O) groups is 1. The van der Waals surface area contributed by atoms with E-state index < -0.39 is 0 Å². The number of carbonyl (C=O) groups excluding carboxylic acids is 1. The molecule has 0 aromatic carbocycles. The summed E-state index contributed by atoms with van der Waals surface area (Å²) in [6.07, 6.45) is 15.1. The molecule has 1 saturated carbocycles. The normalized spacial score (nSPS) is 37.7. The molecule has 5 rings (SSSR count). The van der Waals surface area contributed by atoms with E-state index >= 15 is 0 Å². The third kappa shape index (κ3) is 2.65. The first kappa shape index (κ1) is 19.8. The zero-order valence-corrected chi connectivity index (χ0v) is 18.8. The molecule has 3 aliphatic carbocycles. The van der Waals surface area contributed by atoms with Crippen LogP contribution in [0, 0.1) is 28.6 Å². The van der Waals surface area contributed by atoms with Crippen LogP contribution in [0.25, 0.3) is 5.57 Å². The number of aromatic nitrogens is 1. The van der Waals surface area contributed by atoms with Crippen molar-refractivity contribution in [2.75, 3.05) is 13.7 Å². The molecule has 2 heterocycles. The zero-order chi connectivity index (χ0) is 21.1. The van der Waals surface area contributed by atoms with Gasteiger partial charge in [-0.3, -0.25) is 9.78 Å². The number of rotatable bonds is 3. The first-order valence-corrected chi connectivity index (χ1v) is 11.6. The van der Waals surface area contributed by atoms with E-state index in [2.05, 4.69) is 48.9 Å². The molecule has 0 bridgehead atoms. The van der Waals surface area contributed by atoms with Gasteiger partial charge in [-0.05, 0) is 79.4 Å². The second kappa shape index (κ2) is 6.96. The number of amides is 1. The summed E-state index contributed by atoms with van der Waals surface area (Å²) in [4.78, 5) is 19.0. The molecule has 0 unspecified atom stereocenters. The van der Waals surface area contributed by atoms with Crippen molar-refractivity contribution < 1.29 is 9.53 Å². The number of fused-ring (bicyclic) bond motifs is 5. The van der Waals surface area contributed by atoms with Crippen LogP contribution in [0.3, 0.4) is 0 Å². The van der Waals surface area contributed by atoms with Gasteiger partial charge in [0, 0.05) is 30.3 Å². The van der Waals surface area contributed by atoms with Crippen LogP contribution in [0.15, 0.2) is 36.3 Å². The van der Waals surface area contributed by atoms with Crippen LogP contribution in [0.1, 0.15) is 64.9 Å². The monoisotopic (exact) mass is 406 g/mol. The third-order valence-corrected chi connectivity index (χ3v) is 9.03. The largest absolute Gasteiger partial charge is 0.495 e. The summed E-state index contributed by atoms with van der Waals surface area (Å²) >= 11 is 0. The molecule has 0 N–H and O–H groups in total. The van der Waals surface area contributed by atoms with Gasteiger partial charge in [-0.1, -0.05) is 26.0 Å². The maximum absolute atomic E-state index is 12.5. The van der Waals surface area contributed by atoms with Crippen LogP contribution in [0.5, 0.6) is 5.75 Å². The number of ether oxygens (including phenoxy) is 1. The van der Waals surface area contributed by atoms with Crippen LogP contribution in [0.2, 0.25) is 0 Å². The summed E-state index contributed by atoms with van der Waals surface area (Å²) in [7, 11) is 1.71. The molecule has 5 atom stereocenters. The lowest BCUT2D eigenvalue weighted by Crippen LogP contribution is -2.53. The van der Waals surface area contributed by atoms with Gasteiger partial charge in [0.15, 0.2) is 0 Å². The van der Waals surface area contributed by atoms with E-state index in [-0.39, 0.29) is 10.8 Å². The van der Waals surface area contributed by atoms with E-state index in [4.69, 9.17) is 4.74 Å². The standard InChI is InChI=1S/C26H34N2O2/c1-5-28-23-9-6-19-21-8-7-20(17-14-18(30-4)16-27-15-17)25(21,2)12-10-22(19)26(23,3)13-11-24(28)29/h7,9,14-16,19,21-22H,5-6,8,10-13H2,1-4H3/t19-,21-,22-,25+,26+/m0/s1. The van der Waals surface area contributed by atoms with Crippen LogP contribution in [-0.2, 0) is 4.79 Å². The van der Waals surface area contributed by atoms with E-state index in [1.807, 2.05) is 6.20 Å². The smallest absolute Gasteiger partial charge is 0.226 e. The molecule has 1 amide bonds. The molecule has 1 aromatic rings. The van der Waals surface area contributed by atoms with Gasteiger partial charge in [0.25, 0.3) is 0 Å². The highest BCUT2D eigenvalue weighted by Gasteiger charge is 2.57. The molecular formula is C26H34N2O2. The quantitative estimate of drug-likeness (QED) is 0.669. The van der Waals surface area contributed by atoms with E-state index in [9.17, 15) is 4.79 Å². The van der Waals surface area contributed by atoms with Crippen molar-refractivity contribution in [2.24, 2.45) is 28.6 Å². The number of allylic oxidation sites excluding steroid dienone is 4. The first-order chi connectivity index (χ1) is 14.4. The van der Waals surface area contributed by atoms with Crippen molar-refractivity contribution in [3.8, 4) is 5.75 Å². The maximum atomic E-state index is 12.5. The fourth-order valence-electron chi connectivity index (χ4n) is 7.49. The predicted octanol–water partition coefficient (Wildman–Crippen LogP) is 5.46. The fraction of sp³-hybridized carbons (Fsp3) is 0.615. The molecule has 1 aliphatic heterocycles. The molecule has 2 fully saturated rings. The number of methoxy groups -OCH3 is 1. The van der Waals surface area contributed by atoms with Crippen molar-refractivity contribution in [1.29, 1.82) is 0 Å². The SMILES string of the molecule is CCN1C(=O)CC[C@@]2(C)C1=CC[C@@H]1[C@@H]2CC[C@]2(C)C(c3cncc(OC)c3)=CC[C@@H]12. The molecule has 4 aliphatic rings. The van der Waals surface area contributed by atoms with Crippen LogP contribution in [0.4, 0.5) is 0 Å². The number of nitrogens with zero attached hydrogens (tertiary/aromatic N) is 2. The van der Waals surface area contributed by atoms with Gasteiger partial charge in [0.2, 0.25) is 5.91 Å². The summed E-state index contributed by atoms with van der Waals surface area (Å²) in [6.45, 7) is 7.84. The fourth-order valence-corrected chi connectivity index (χ4v) is 7.49. The number of likely N-dealkylation sites (tertiary alicyclic amines) is 1. The Kier molecular flexibility index (Phi) is 4.61. The van der Waals surface area contributed by atoms with Crippen molar-refractivity contribution >= 4 is 11.5 Å². The lowest BCUT2D eigenvalue weighted by atomic mass is 9.49. The second-order valence-corrected chi connectivity index (χ2v) is 10.2. The predicted molar refractivity (Wildman–Crippen MR) is 119 cm³/mol. The lowest BCUT2D eigenvalue weighted by Gasteiger charge is -2.58. The Morgan fingerprint density at radius 1 is 1.13 bits per heavy atom. The van der Waals surface area contributed by atoms with Gasteiger partial charge in [-0.25, -0.2) is 0 Å². The molecular weight excluding hydrogens is 372 g/mol. The Balaban J connectivity index is 1.48. The molecule has 1 aromatic heterocycles. The number of hydrogen-bond acceptors (Lipinski definition) is 3. The highest BCUT2D eigenvalue weighted by atomic mass is 16.5. The Morgan fingerprint density at radius 3 is 2.73 bits per heavy atom. The van der Waals surface area contributed by atoms with Crippen LogP contribution >= 0.6 is 0 Å². The van der Waals surface area contributed by atoms with Crippen molar-refractivity contribution in [1.82, 2.24) is 9.88 Å². The molecule has 4 nitrogen and oxygen atoms in total. The number of pyridine rings is 1. The minimum absolute atomic E-state index is 0.147. The maximum Gasteiger partial charge on any atom is 0.226 e. The highest BCUT2D eigenvalue weighted by Crippen LogP contribution is 2.66. The number of piperidine rings is 1. The summed E-state index contributed by atoms with van der Waals surface area (Å²) < 4.78 is 5.44. The highest BCUT2D eigenvalue weighted by molar-refractivity contribution is 5.80. The molecule has 0 spiro atoms. The van der Waals surface area contributed by atoms with Crippen LogP contribution < -0.4 is 4.74 Å². The Hall–Kier alpha value is -2.10. The lowest BCUT2D eigenvalue weighted by molar-refractivity contribution is -0.136. The van der Waals surface area contributed by atoms with E-state index in [1.165, 1.54) is 29.7 Å². The molecule has 1 saturated heterocycles. The minimum Gasteiger partial charge on any atom is -0.495 e. The van der Waals surface area contributed by atoms with E-state index in [0.717, 1.165) is 31.6 Å². The summed E-state index contributed by atoms with van der Waals surface area (Å²) in [5.41, 5.74) is 4.36. The van der Waals surface area contributed by atoms with E-state index in [1.54, 1.807) is 13.3 Å². The average Bonchev–Trinajstić information content (AvgIpc) is 3.11. The average molecular weight is 407 g/mol. The molecule has 4 heteroatoms. The summed E-state index contributed by atoms with van der Waals surface area (Å²) in [5, 5.41) is 0. The van der Waals surface area contributed by atoms with Gasteiger partial charge in [-0.15, -0.1) is 0 Å². The zero-order valence-electron chi connectivity index (χ0n) is 18.8. The Labute approximate surface area is 180 Å². The topological polar surface area (TPSA) is 42.4 Å².